The van der Waals surface area contributed by atoms with Gasteiger partial charge in [0, 0.05) is 18.3 Å². The average molecular weight is 378 g/mol. The van der Waals surface area contributed by atoms with Crippen LogP contribution >= 0.6 is 0 Å². The maximum Gasteiger partial charge on any atom is 0.266 e. The molecule has 8 nitrogen and oxygen atoms in total. The molecule has 0 saturated heterocycles. The van der Waals surface area contributed by atoms with E-state index in [2.05, 4.69) is 4.98 Å². The Labute approximate surface area is 151 Å². The first kappa shape index (κ1) is 18.0. The second kappa shape index (κ2) is 7.20. The summed E-state index contributed by atoms with van der Waals surface area (Å²) in [6.45, 7) is 4.43. The molecule has 1 amide bonds. The third-order valence-corrected chi connectivity index (χ3v) is 4.73. The van der Waals surface area contributed by atoms with E-state index in [1.165, 1.54) is 36.5 Å². The largest absolute Gasteiger partial charge is 0.486 e. The van der Waals surface area contributed by atoms with Crippen LogP contribution in [0.1, 0.15) is 24.2 Å². The minimum Gasteiger partial charge on any atom is -0.486 e. The lowest BCUT2D eigenvalue weighted by Gasteiger charge is -2.18. The summed E-state index contributed by atoms with van der Waals surface area (Å²) in [5.74, 6) is 0.352. The van der Waals surface area contributed by atoms with Crippen molar-refractivity contribution in [3.05, 3.63) is 42.1 Å². The Kier molecular flexibility index (Phi) is 4.99. The smallest absolute Gasteiger partial charge is 0.266 e. The predicted molar refractivity (Wildman–Crippen MR) is 92.1 cm³/mol. The van der Waals surface area contributed by atoms with Crippen molar-refractivity contribution in [2.24, 2.45) is 0 Å². The number of nitrogens with one attached hydrogen (secondary N) is 1. The van der Waals surface area contributed by atoms with Crippen LogP contribution in [0.25, 0.3) is 0 Å². The van der Waals surface area contributed by atoms with Crippen molar-refractivity contribution in [1.82, 2.24) is 9.71 Å². The highest BCUT2D eigenvalue weighted by Gasteiger charge is 2.22. The molecule has 0 aliphatic carbocycles. The van der Waals surface area contributed by atoms with Crippen LogP contribution < -0.4 is 18.9 Å². The van der Waals surface area contributed by atoms with E-state index in [1.54, 1.807) is 0 Å². The van der Waals surface area contributed by atoms with Crippen LogP contribution in [-0.4, -0.2) is 38.6 Å². The summed E-state index contributed by atoms with van der Waals surface area (Å²) in [5, 5.41) is 0. The lowest BCUT2D eigenvalue weighted by atomic mass is 10.3. The first-order chi connectivity index (χ1) is 12.3. The summed E-state index contributed by atoms with van der Waals surface area (Å²) in [4.78, 5) is 16.1. The fourth-order valence-corrected chi connectivity index (χ4v) is 3.25. The molecule has 1 aliphatic heterocycles. The highest BCUT2D eigenvalue weighted by molar-refractivity contribution is 7.90. The second-order valence-corrected chi connectivity index (χ2v) is 7.47. The summed E-state index contributed by atoms with van der Waals surface area (Å²) in [7, 11) is -4.06. The summed E-state index contributed by atoms with van der Waals surface area (Å²) in [6, 6.07) is 7.11. The maximum atomic E-state index is 12.4. The van der Waals surface area contributed by atoms with Gasteiger partial charge in [0.1, 0.15) is 13.2 Å². The zero-order valence-corrected chi connectivity index (χ0v) is 15.1. The first-order valence-electron chi connectivity index (χ1n) is 7.95. The molecule has 1 N–H and O–H groups in total. The molecule has 1 aliphatic rings. The van der Waals surface area contributed by atoms with E-state index in [0.717, 1.165) is 0 Å². The van der Waals surface area contributed by atoms with E-state index >= 15 is 0 Å². The van der Waals surface area contributed by atoms with Crippen LogP contribution in [0.3, 0.4) is 0 Å². The molecule has 0 atom stereocenters. The van der Waals surface area contributed by atoms with E-state index in [1.807, 2.05) is 18.6 Å². The van der Waals surface area contributed by atoms with Gasteiger partial charge in [-0.2, -0.15) is 0 Å². The van der Waals surface area contributed by atoms with Gasteiger partial charge in [-0.05, 0) is 32.0 Å². The average Bonchev–Trinajstić information content (AvgIpc) is 2.61. The van der Waals surface area contributed by atoms with Gasteiger partial charge in [0.15, 0.2) is 11.5 Å². The summed E-state index contributed by atoms with van der Waals surface area (Å²) in [6.07, 6.45) is 1.20. The van der Waals surface area contributed by atoms with E-state index < -0.39 is 15.9 Å². The van der Waals surface area contributed by atoms with Crippen LogP contribution in [0, 0.1) is 0 Å². The van der Waals surface area contributed by atoms with Crippen LogP contribution in [0.4, 0.5) is 0 Å². The van der Waals surface area contributed by atoms with Gasteiger partial charge in [-0.1, -0.05) is 0 Å². The number of carbonyl (C=O) groups excluding carboxylic acids is 1. The van der Waals surface area contributed by atoms with Gasteiger partial charge < -0.3 is 14.2 Å². The van der Waals surface area contributed by atoms with Gasteiger partial charge in [-0.25, -0.2) is 18.1 Å². The number of aromatic nitrogens is 1. The zero-order chi connectivity index (χ0) is 18.7. The van der Waals surface area contributed by atoms with Crippen molar-refractivity contribution < 1.29 is 27.4 Å². The number of ether oxygens (including phenoxy) is 3. The van der Waals surface area contributed by atoms with Gasteiger partial charge in [0.25, 0.3) is 15.9 Å². The Hall–Kier alpha value is -2.81. The fraction of sp³-hybridized carbons (Fsp3) is 0.294. The molecule has 138 valence electrons. The van der Waals surface area contributed by atoms with Gasteiger partial charge >= 0.3 is 0 Å². The molecule has 1 aromatic carbocycles. The number of fused-ring (bicyclic) bond motifs is 1. The molecule has 0 unspecified atom stereocenters. The van der Waals surface area contributed by atoms with Crippen molar-refractivity contribution in [3.8, 4) is 17.4 Å². The Bertz CT molecular complexity index is 909. The third-order valence-electron chi connectivity index (χ3n) is 3.41. The number of rotatable bonds is 5. The molecule has 3 rings (SSSR count). The normalized spacial score (nSPS) is 13.3. The van der Waals surface area contributed by atoms with Crippen molar-refractivity contribution >= 4 is 15.9 Å². The molecule has 0 bridgehead atoms. The third kappa shape index (κ3) is 4.05. The quantitative estimate of drug-likeness (QED) is 0.845. The van der Waals surface area contributed by atoms with E-state index in [0.29, 0.717) is 30.6 Å². The Balaban J connectivity index is 1.75. The maximum absolute atomic E-state index is 12.4. The van der Waals surface area contributed by atoms with Crippen LogP contribution in [-0.2, 0) is 10.0 Å². The molecule has 0 spiro atoms. The molecule has 0 saturated carbocycles. The molecule has 2 heterocycles. The molecule has 1 aromatic heterocycles. The van der Waals surface area contributed by atoms with Crippen molar-refractivity contribution in [3.63, 3.8) is 0 Å². The standard InChI is InChI=1S/C17H18N2O6S/c1-11(2)25-16-6-3-12(10-18-16)17(20)19-26(21,22)13-4-5-14-15(9-13)24-8-7-23-14/h3-6,9-11H,7-8H2,1-2H3,(H,19,20). The van der Waals surface area contributed by atoms with Crippen LogP contribution in [0.2, 0.25) is 0 Å². The second-order valence-electron chi connectivity index (χ2n) is 5.79. The van der Waals surface area contributed by atoms with Crippen molar-refractivity contribution in [2.45, 2.75) is 24.8 Å². The van der Waals surface area contributed by atoms with Crippen molar-refractivity contribution in [1.29, 1.82) is 0 Å². The fourth-order valence-electron chi connectivity index (χ4n) is 2.26. The van der Waals surface area contributed by atoms with E-state index in [-0.39, 0.29) is 16.6 Å². The summed E-state index contributed by atoms with van der Waals surface area (Å²) >= 11 is 0. The SMILES string of the molecule is CC(C)Oc1ccc(C(=O)NS(=O)(=O)c2ccc3c(c2)OCCO3)cn1. The lowest BCUT2D eigenvalue weighted by Crippen LogP contribution is -2.30. The highest BCUT2D eigenvalue weighted by Crippen LogP contribution is 2.32. The van der Waals surface area contributed by atoms with E-state index in [9.17, 15) is 13.2 Å². The zero-order valence-electron chi connectivity index (χ0n) is 14.3. The topological polar surface area (TPSA) is 104 Å². The number of sulfonamides is 1. The van der Waals surface area contributed by atoms with Crippen molar-refractivity contribution in [2.75, 3.05) is 13.2 Å². The van der Waals surface area contributed by atoms with Gasteiger partial charge in [0.05, 0.1) is 16.6 Å². The number of carbonyl (C=O) groups is 1. The minimum atomic E-state index is -4.06. The Morgan fingerprint density at radius 2 is 1.88 bits per heavy atom. The Morgan fingerprint density at radius 3 is 2.54 bits per heavy atom. The minimum absolute atomic E-state index is 0.0576. The van der Waals surface area contributed by atoms with E-state index in [4.69, 9.17) is 14.2 Å². The Morgan fingerprint density at radius 1 is 1.15 bits per heavy atom. The van der Waals surface area contributed by atoms with Gasteiger partial charge in [-0.15, -0.1) is 0 Å². The van der Waals surface area contributed by atoms with Gasteiger partial charge in [-0.3, -0.25) is 4.79 Å². The number of pyridine rings is 1. The highest BCUT2D eigenvalue weighted by atomic mass is 32.2. The molecular weight excluding hydrogens is 360 g/mol. The summed E-state index contributed by atoms with van der Waals surface area (Å²) < 4.78 is 43.0. The molecule has 0 fully saturated rings. The van der Waals surface area contributed by atoms with Gasteiger partial charge in [0.2, 0.25) is 5.88 Å². The lowest BCUT2D eigenvalue weighted by molar-refractivity contribution is 0.0981. The predicted octanol–water partition coefficient (Wildman–Crippen LogP) is 1.76. The van der Waals surface area contributed by atoms with Crippen LogP contribution in [0.15, 0.2) is 41.4 Å². The number of hydrogen-bond acceptors (Lipinski definition) is 7. The van der Waals surface area contributed by atoms with Crippen LogP contribution in [0.5, 0.6) is 17.4 Å². The monoisotopic (exact) mass is 378 g/mol. The number of amides is 1. The molecule has 9 heteroatoms. The number of nitrogens with zero attached hydrogens (tertiary/aromatic N) is 1. The number of benzene rings is 1. The molecule has 26 heavy (non-hydrogen) atoms. The number of hydrogen-bond donors (Lipinski definition) is 1. The molecular formula is C17H18N2O6S. The molecule has 0 radical (unpaired) electrons. The first-order valence-corrected chi connectivity index (χ1v) is 9.43. The molecule has 2 aromatic rings. The summed E-state index contributed by atoms with van der Waals surface area (Å²) in [5.41, 5.74) is 0.0993.